The van der Waals surface area contributed by atoms with Crippen LogP contribution < -0.4 is 5.56 Å². The number of hydrogen-bond donors (Lipinski definition) is 1. The Hall–Kier alpha value is -3.32. The molecule has 0 saturated heterocycles. The number of aliphatic carboxylic acids is 1. The van der Waals surface area contributed by atoms with Gasteiger partial charge in [-0.1, -0.05) is 42.5 Å². The Bertz CT molecular complexity index is 1200. The molecule has 34 heavy (non-hydrogen) atoms. The van der Waals surface area contributed by atoms with Crippen molar-refractivity contribution in [2.24, 2.45) is 11.8 Å². The molecule has 1 aliphatic carbocycles. The lowest BCUT2D eigenvalue weighted by Crippen LogP contribution is -2.29. The monoisotopic (exact) mass is 464 g/mol. The summed E-state index contributed by atoms with van der Waals surface area (Å²) in [4.78, 5) is 23.6. The van der Waals surface area contributed by atoms with Gasteiger partial charge < -0.3 is 9.84 Å². The Morgan fingerprint density at radius 2 is 1.76 bits per heavy atom. The van der Waals surface area contributed by atoms with Gasteiger partial charge in [-0.3, -0.25) is 4.79 Å². The number of aryl methyl sites for hydroxylation is 1. The number of carboxylic acids is 1. The minimum Gasteiger partial charge on any atom is -0.480 e. The molecular formula is C27H29FN2O4. The van der Waals surface area contributed by atoms with E-state index in [2.05, 4.69) is 0 Å². The molecule has 3 aromatic rings. The van der Waals surface area contributed by atoms with Crippen LogP contribution in [0.25, 0.3) is 22.4 Å². The Morgan fingerprint density at radius 1 is 1.06 bits per heavy atom. The quantitative estimate of drug-likeness (QED) is 0.511. The van der Waals surface area contributed by atoms with E-state index in [1.807, 2.05) is 36.4 Å². The van der Waals surface area contributed by atoms with Gasteiger partial charge in [-0.25, -0.2) is 13.9 Å². The summed E-state index contributed by atoms with van der Waals surface area (Å²) in [7, 11) is 0. The number of ether oxygens (including phenoxy) is 1. The average molecular weight is 465 g/mol. The number of carbonyl (C=O) groups is 1. The second-order valence-corrected chi connectivity index (χ2v) is 9.05. The first-order valence-electron chi connectivity index (χ1n) is 11.6. The number of nitrogens with zero attached hydrogens (tertiary/aromatic N) is 2. The van der Waals surface area contributed by atoms with Gasteiger partial charge in [-0.15, -0.1) is 0 Å². The molecule has 0 amide bonds. The number of halogens is 1. The van der Waals surface area contributed by atoms with Crippen LogP contribution in [0.1, 0.15) is 31.2 Å². The molecular weight excluding hydrogens is 435 g/mol. The van der Waals surface area contributed by atoms with Crippen LogP contribution in [-0.2, 0) is 16.1 Å². The molecule has 1 heterocycles. The van der Waals surface area contributed by atoms with Crippen molar-refractivity contribution in [1.29, 1.82) is 0 Å². The number of rotatable bonds is 8. The summed E-state index contributed by atoms with van der Waals surface area (Å²) in [5, 5.41) is 13.4. The van der Waals surface area contributed by atoms with Crippen molar-refractivity contribution in [2.75, 3.05) is 13.2 Å². The molecule has 6 nitrogen and oxygen atoms in total. The Kier molecular flexibility index (Phi) is 7.53. The summed E-state index contributed by atoms with van der Waals surface area (Å²) in [5.41, 5.74) is 3.14. The summed E-state index contributed by atoms with van der Waals surface area (Å²) >= 11 is 0. The maximum atomic E-state index is 14.4. The molecule has 1 aromatic heterocycles. The topological polar surface area (TPSA) is 81.4 Å². The zero-order valence-corrected chi connectivity index (χ0v) is 19.2. The highest BCUT2D eigenvalue weighted by atomic mass is 19.1. The molecule has 178 valence electrons. The van der Waals surface area contributed by atoms with E-state index >= 15 is 0 Å². The van der Waals surface area contributed by atoms with Crippen LogP contribution in [0.2, 0.25) is 0 Å². The SMILES string of the molecule is Cc1ccc(-c2nn(C[C@H]3CC[C@@H](COCC(=O)O)CC3)c(=O)cc2-c2ccccc2)cc1F. The van der Waals surface area contributed by atoms with Gasteiger partial charge in [-0.2, -0.15) is 5.10 Å². The average Bonchev–Trinajstić information content (AvgIpc) is 2.83. The summed E-state index contributed by atoms with van der Waals surface area (Å²) in [5.74, 6) is -0.625. The number of carboxylic acid groups (broad SMARTS) is 1. The van der Waals surface area contributed by atoms with E-state index in [1.165, 1.54) is 10.7 Å². The van der Waals surface area contributed by atoms with E-state index in [0.29, 0.717) is 47.4 Å². The zero-order valence-electron chi connectivity index (χ0n) is 19.2. The predicted octanol–water partition coefficient (Wildman–Crippen LogP) is 4.93. The van der Waals surface area contributed by atoms with E-state index in [1.54, 1.807) is 19.1 Å². The maximum Gasteiger partial charge on any atom is 0.329 e. The van der Waals surface area contributed by atoms with Gasteiger partial charge in [0.15, 0.2) is 0 Å². The van der Waals surface area contributed by atoms with Crippen molar-refractivity contribution in [1.82, 2.24) is 9.78 Å². The van der Waals surface area contributed by atoms with E-state index in [0.717, 1.165) is 31.2 Å². The molecule has 1 fully saturated rings. The van der Waals surface area contributed by atoms with Gasteiger partial charge in [0.1, 0.15) is 12.4 Å². The lowest BCUT2D eigenvalue weighted by atomic mass is 9.82. The first kappa shape index (κ1) is 23.8. The third-order valence-corrected chi connectivity index (χ3v) is 6.50. The fourth-order valence-corrected chi connectivity index (χ4v) is 4.55. The minimum atomic E-state index is -0.956. The Labute approximate surface area is 198 Å². The van der Waals surface area contributed by atoms with Crippen molar-refractivity contribution >= 4 is 5.97 Å². The van der Waals surface area contributed by atoms with Crippen LogP contribution in [0.5, 0.6) is 0 Å². The largest absolute Gasteiger partial charge is 0.480 e. The molecule has 0 radical (unpaired) electrons. The van der Waals surface area contributed by atoms with Crippen molar-refractivity contribution in [3.63, 3.8) is 0 Å². The highest BCUT2D eigenvalue weighted by Gasteiger charge is 2.23. The molecule has 1 saturated carbocycles. The van der Waals surface area contributed by atoms with E-state index in [9.17, 15) is 14.0 Å². The molecule has 1 aliphatic rings. The maximum absolute atomic E-state index is 14.4. The molecule has 0 bridgehead atoms. The molecule has 0 unspecified atom stereocenters. The summed E-state index contributed by atoms with van der Waals surface area (Å²) in [6, 6.07) is 16.2. The van der Waals surface area contributed by atoms with Crippen LogP contribution in [0.4, 0.5) is 4.39 Å². The number of benzene rings is 2. The normalized spacial score (nSPS) is 18.1. The smallest absolute Gasteiger partial charge is 0.329 e. The molecule has 0 spiro atoms. The summed E-state index contributed by atoms with van der Waals surface area (Å²) in [6.45, 7) is 2.40. The molecule has 7 heteroatoms. The lowest BCUT2D eigenvalue weighted by Gasteiger charge is -2.28. The van der Waals surface area contributed by atoms with Gasteiger partial charge in [-0.05, 0) is 61.6 Å². The van der Waals surface area contributed by atoms with Crippen LogP contribution in [0.3, 0.4) is 0 Å². The van der Waals surface area contributed by atoms with Crippen LogP contribution in [0, 0.1) is 24.6 Å². The second-order valence-electron chi connectivity index (χ2n) is 9.05. The van der Waals surface area contributed by atoms with Gasteiger partial charge in [0.05, 0.1) is 12.3 Å². The first-order chi connectivity index (χ1) is 16.4. The highest BCUT2D eigenvalue weighted by Crippen LogP contribution is 2.32. The molecule has 0 aliphatic heterocycles. The zero-order chi connectivity index (χ0) is 24.1. The third-order valence-electron chi connectivity index (χ3n) is 6.50. The fraction of sp³-hybridized carbons (Fsp3) is 0.370. The highest BCUT2D eigenvalue weighted by molar-refractivity contribution is 5.80. The van der Waals surface area contributed by atoms with Crippen molar-refractivity contribution in [3.8, 4) is 22.4 Å². The molecule has 4 rings (SSSR count). The Balaban J connectivity index is 1.56. The third kappa shape index (κ3) is 5.78. The number of aromatic nitrogens is 2. The lowest BCUT2D eigenvalue weighted by molar-refractivity contribution is -0.142. The standard InChI is InChI=1S/C27H29FN2O4/c1-18-7-12-22(13-24(18)28)27-23(21-5-3-2-4-6-21)14-25(31)30(29-27)15-19-8-10-20(11-9-19)16-34-17-26(32)33/h2-7,12-14,19-20H,8-11,15-17H2,1H3,(H,32,33)/t19-,20+. The van der Waals surface area contributed by atoms with E-state index in [-0.39, 0.29) is 18.0 Å². The summed E-state index contributed by atoms with van der Waals surface area (Å²) < 4.78 is 21.1. The molecule has 0 atom stereocenters. The van der Waals surface area contributed by atoms with Gasteiger partial charge >= 0.3 is 5.97 Å². The van der Waals surface area contributed by atoms with Gasteiger partial charge in [0.2, 0.25) is 0 Å². The Morgan fingerprint density at radius 3 is 2.44 bits per heavy atom. The van der Waals surface area contributed by atoms with Crippen molar-refractivity contribution in [3.05, 3.63) is 76.3 Å². The van der Waals surface area contributed by atoms with Crippen LogP contribution in [-0.4, -0.2) is 34.1 Å². The van der Waals surface area contributed by atoms with Gasteiger partial charge in [0.25, 0.3) is 5.56 Å². The van der Waals surface area contributed by atoms with E-state index in [4.69, 9.17) is 14.9 Å². The number of hydrogen-bond acceptors (Lipinski definition) is 4. The predicted molar refractivity (Wildman–Crippen MR) is 128 cm³/mol. The van der Waals surface area contributed by atoms with Gasteiger partial charge in [0, 0.05) is 23.7 Å². The van der Waals surface area contributed by atoms with Crippen molar-refractivity contribution < 1.29 is 19.0 Å². The first-order valence-corrected chi connectivity index (χ1v) is 11.6. The second kappa shape index (κ2) is 10.7. The minimum absolute atomic E-state index is 0.179. The van der Waals surface area contributed by atoms with Crippen LogP contribution in [0.15, 0.2) is 59.4 Å². The van der Waals surface area contributed by atoms with Crippen molar-refractivity contribution in [2.45, 2.75) is 39.2 Å². The fourth-order valence-electron chi connectivity index (χ4n) is 4.55. The molecule has 2 aromatic carbocycles. The van der Waals surface area contributed by atoms with Crippen LogP contribution >= 0.6 is 0 Å². The molecule has 1 N–H and O–H groups in total. The van der Waals surface area contributed by atoms with E-state index < -0.39 is 5.97 Å². The summed E-state index contributed by atoms with van der Waals surface area (Å²) in [6.07, 6.45) is 3.70.